The third-order valence-electron chi connectivity index (χ3n) is 9.51. The number of methoxy groups -OCH3 is 1. The van der Waals surface area contributed by atoms with Gasteiger partial charge in [0.25, 0.3) is 0 Å². The monoisotopic (exact) mass is 623 g/mol. The molecular formula is C35H49N3O7. The molecule has 10 nitrogen and oxygen atoms in total. The van der Waals surface area contributed by atoms with Gasteiger partial charge in [-0.3, -0.25) is 4.79 Å². The molecule has 5 rings (SSSR count). The van der Waals surface area contributed by atoms with Crippen LogP contribution in [0.25, 0.3) is 0 Å². The van der Waals surface area contributed by atoms with Crippen LogP contribution in [0.3, 0.4) is 0 Å². The number of rotatable bonds is 16. The predicted octanol–water partition coefficient (Wildman–Crippen LogP) is 5.96. The Kier molecular flexibility index (Phi) is 11.3. The molecule has 1 fully saturated rings. The van der Waals surface area contributed by atoms with Gasteiger partial charge in [0, 0.05) is 18.4 Å². The van der Waals surface area contributed by atoms with Gasteiger partial charge in [-0.25, -0.2) is 4.79 Å². The molecule has 1 aliphatic carbocycles. The molecule has 0 saturated carbocycles. The molecule has 0 aromatic heterocycles. The molecule has 2 aromatic rings. The first kappa shape index (κ1) is 32.7. The Morgan fingerprint density at radius 2 is 1.53 bits per heavy atom. The summed E-state index contributed by atoms with van der Waals surface area (Å²) in [6, 6.07) is 6.75. The summed E-state index contributed by atoms with van der Waals surface area (Å²) in [6.07, 6.45) is 13.3. The summed E-state index contributed by atoms with van der Waals surface area (Å²) in [4.78, 5) is 26.5. The van der Waals surface area contributed by atoms with Crippen molar-refractivity contribution >= 4 is 12.0 Å². The Bertz CT molecular complexity index is 1330. The van der Waals surface area contributed by atoms with E-state index >= 15 is 0 Å². The van der Waals surface area contributed by atoms with E-state index in [1.807, 2.05) is 18.2 Å². The zero-order chi connectivity index (χ0) is 31.8. The lowest BCUT2D eigenvalue weighted by molar-refractivity contribution is -0.141. The Hall–Kier alpha value is -3.66. The summed E-state index contributed by atoms with van der Waals surface area (Å²) in [5.74, 6) is 0.0750. The Balaban J connectivity index is 1.22. The number of aromatic hydroxyl groups is 1. The molecular weight excluding hydrogens is 574 g/mol. The first-order valence-corrected chi connectivity index (χ1v) is 16.6. The first-order chi connectivity index (χ1) is 21.9. The first-order valence-electron chi connectivity index (χ1n) is 16.6. The second kappa shape index (κ2) is 15.6. The number of carbonyl (C=O) groups excluding carboxylic acids is 2. The predicted molar refractivity (Wildman–Crippen MR) is 171 cm³/mol. The van der Waals surface area contributed by atoms with Gasteiger partial charge < -0.3 is 40.4 Å². The van der Waals surface area contributed by atoms with Crippen molar-refractivity contribution in [2.45, 2.75) is 89.5 Å². The number of unbranched alkanes of at least 4 members (excludes halogenated alkanes) is 10. The molecule has 3 aliphatic rings. The van der Waals surface area contributed by atoms with Crippen molar-refractivity contribution in [3.05, 3.63) is 46.5 Å². The van der Waals surface area contributed by atoms with Crippen molar-refractivity contribution in [3.63, 3.8) is 0 Å². The number of hydrogen-bond donors (Lipinski definition) is 4. The lowest BCUT2D eigenvalue weighted by atomic mass is 9.65. The summed E-state index contributed by atoms with van der Waals surface area (Å²) < 4.78 is 22.5. The van der Waals surface area contributed by atoms with E-state index in [2.05, 4.69) is 10.6 Å². The van der Waals surface area contributed by atoms with Crippen LogP contribution in [-0.4, -0.2) is 50.7 Å². The van der Waals surface area contributed by atoms with Gasteiger partial charge >= 0.3 is 12.0 Å². The molecule has 2 aliphatic heterocycles. The highest BCUT2D eigenvalue weighted by atomic mass is 16.7. The van der Waals surface area contributed by atoms with Crippen molar-refractivity contribution in [1.82, 2.24) is 10.6 Å². The van der Waals surface area contributed by atoms with Crippen LogP contribution in [-0.2, 0) is 9.53 Å². The minimum atomic E-state index is -0.539. The van der Waals surface area contributed by atoms with E-state index in [-0.39, 0.29) is 43.0 Å². The summed E-state index contributed by atoms with van der Waals surface area (Å²) in [5, 5.41) is 16.7. The highest BCUT2D eigenvalue weighted by molar-refractivity contribution is 5.80. The van der Waals surface area contributed by atoms with Gasteiger partial charge in [-0.1, -0.05) is 63.9 Å². The summed E-state index contributed by atoms with van der Waals surface area (Å²) >= 11 is 0. The van der Waals surface area contributed by atoms with E-state index in [0.29, 0.717) is 29.4 Å². The highest BCUT2D eigenvalue weighted by Crippen LogP contribution is 2.55. The SMILES string of the molecule is COc1cc(C2c3cc4c(cc3[C@@H](NC(=O)NCCCCCCCCCCCCCN)[C@H]3COC(=O)[C@H]23)OCO4)cc(C)c1O. The Labute approximate surface area is 266 Å². The minimum Gasteiger partial charge on any atom is -0.504 e. The van der Waals surface area contributed by atoms with Gasteiger partial charge in [-0.2, -0.15) is 0 Å². The van der Waals surface area contributed by atoms with Gasteiger partial charge in [0.15, 0.2) is 23.0 Å². The number of urea groups is 1. The molecule has 1 unspecified atom stereocenters. The fourth-order valence-electron chi connectivity index (χ4n) is 7.11. The average Bonchev–Trinajstić information content (AvgIpc) is 3.66. The number of amides is 2. The molecule has 0 bridgehead atoms. The molecule has 10 heteroatoms. The number of hydrogen-bond acceptors (Lipinski definition) is 8. The molecule has 1 saturated heterocycles. The number of esters is 1. The van der Waals surface area contributed by atoms with E-state index < -0.39 is 12.0 Å². The van der Waals surface area contributed by atoms with Crippen molar-refractivity contribution in [1.29, 1.82) is 0 Å². The number of benzene rings is 2. The van der Waals surface area contributed by atoms with Crippen LogP contribution in [0.15, 0.2) is 24.3 Å². The fourth-order valence-corrected chi connectivity index (χ4v) is 7.11. The normalized spacial score (nSPS) is 21.2. The van der Waals surface area contributed by atoms with Crippen LogP contribution >= 0.6 is 0 Å². The summed E-state index contributed by atoms with van der Waals surface area (Å²) in [6.45, 7) is 3.50. The van der Waals surface area contributed by atoms with Crippen LogP contribution in [0.5, 0.6) is 23.0 Å². The number of phenolic OH excluding ortho intramolecular Hbond substituents is 1. The number of fused-ring (bicyclic) bond motifs is 3. The molecule has 2 heterocycles. The third kappa shape index (κ3) is 7.60. The largest absolute Gasteiger partial charge is 0.504 e. The number of aryl methyl sites for hydroxylation is 1. The van der Waals surface area contributed by atoms with Crippen molar-refractivity contribution in [2.24, 2.45) is 17.6 Å². The summed E-state index contributed by atoms with van der Waals surface area (Å²) in [7, 11) is 1.50. The number of phenols is 1. The van der Waals surface area contributed by atoms with E-state index in [1.165, 1.54) is 58.5 Å². The number of cyclic esters (lactones) is 1. The number of nitrogens with one attached hydrogen (secondary N) is 2. The van der Waals surface area contributed by atoms with Crippen LogP contribution in [0, 0.1) is 18.8 Å². The van der Waals surface area contributed by atoms with Crippen molar-refractivity contribution < 1.29 is 33.6 Å². The zero-order valence-corrected chi connectivity index (χ0v) is 26.7. The van der Waals surface area contributed by atoms with Gasteiger partial charge in [-0.15, -0.1) is 0 Å². The lowest BCUT2D eigenvalue weighted by Crippen LogP contribution is -2.46. The Morgan fingerprint density at radius 3 is 2.18 bits per heavy atom. The molecule has 2 aromatic carbocycles. The zero-order valence-electron chi connectivity index (χ0n) is 26.7. The molecule has 4 atom stereocenters. The topological polar surface area (TPSA) is 141 Å². The maximum absolute atomic E-state index is 13.3. The van der Waals surface area contributed by atoms with Crippen LogP contribution in [0.2, 0.25) is 0 Å². The maximum Gasteiger partial charge on any atom is 0.315 e. The fraction of sp³-hybridized carbons (Fsp3) is 0.600. The smallest absolute Gasteiger partial charge is 0.315 e. The van der Waals surface area contributed by atoms with Gasteiger partial charge in [0.05, 0.1) is 25.7 Å². The van der Waals surface area contributed by atoms with Gasteiger partial charge in [-0.05, 0) is 66.8 Å². The standard InChI is InChI=1S/C35H49N3O7/c1-22-16-23(17-29(42-2)33(22)39)30-24-18-27-28(45-21-44-27)19-25(24)32(26-20-43-34(40)31(26)30)38-35(41)37-15-13-11-9-7-5-3-4-6-8-10-12-14-36/h16-19,26,30-32,39H,3-15,20-21,36H2,1-2H3,(H2,37,38,41)/t26-,30?,31-,32+/m0/s1. The molecule has 2 amide bonds. The molecule has 246 valence electrons. The molecule has 0 spiro atoms. The van der Waals surface area contributed by atoms with Crippen molar-refractivity contribution in [2.75, 3.05) is 33.6 Å². The molecule has 5 N–H and O–H groups in total. The number of ether oxygens (including phenoxy) is 4. The average molecular weight is 624 g/mol. The van der Waals surface area contributed by atoms with E-state index in [0.717, 1.165) is 42.5 Å². The molecule has 0 radical (unpaired) electrons. The van der Waals surface area contributed by atoms with E-state index in [4.69, 9.17) is 24.7 Å². The number of nitrogens with two attached hydrogens (primary N) is 1. The van der Waals surface area contributed by atoms with Gasteiger partial charge in [0.2, 0.25) is 6.79 Å². The van der Waals surface area contributed by atoms with Crippen molar-refractivity contribution in [3.8, 4) is 23.0 Å². The van der Waals surface area contributed by atoms with Gasteiger partial charge in [0.1, 0.15) is 0 Å². The lowest BCUT2D eigenvalue weighted by Gasteiger charge is -2.39. The van der Waals surface area contributed by atoms with Crippen LogP contribution in [0.1, 0.15) is 105 Å². The van der Waals surface area contributed by atoms with E-state index in [9.17, 15) is 14.7 Å². The number of carbonyl (C=O) groups is 2. The van der Waals surface area contributed by atoms with Crippen LogP contribution < -0.4 is 30.6 Å². The van der Waals surface area contributed by atoms with E-state index in [1.54, 1.807) is 13.0 Å². The van der Waals surface area contributed by atoms with Crippen LogP contribution in [0.4, 0.5) is 4.79 Å². The quantitative estimate of drug-likeness (QED) is 0.133. The minimum absolute atomic E-state index is 0.0643. The molecule has 45 heavy (non-hydrogen) atoms. The highest BCUT2D eigenvalue weighted by Gasteiger charge is 2.53. The third-order valence-corrected chi connectivity index (χ3v) is 9.51. The Morgan fingerprint density at radius 1 is 0.911 bits per heavy atom. The summed E-state index contributed by atoms with van der Waals surface area (Å²) in [5.41, 5.74) is 8.73. The maximum atomic E-state index is 13.3. The second-order valence-corrected chi connectivity index (χ2v) is 12.6. The second-order valence-electron chi connectivity index (χ2n) is 12.6.